The highest BCUT2D eigenvalue weighted by Gasteiger charge is 2.13. The molecule has 104 valence electrons. The van der Waals surface area contributed by atoms with E-state index in [9.17, 15) is 10.1 Å². The molecule has 0 unspecified atom stereocenters. The summed E-state index contributed by atoms with van der Waals surface area (Å²) in [5, 5.41) is 10.7. The maximum Gasteiger partial charge on any atom is 0.288 e. The van der Waals surface area contributed by atoms with Crippen molar-refractivity contribution in [2.24, 2.45) is 0 Å². The van der Waals surface area contributed by atoms with Crippen molar-refractivity contribution in [1.82, 2.24) is 0 Å². The molecule has 0 spiro atoms. The van der Waals surface area contributed by atoms with E-state index in [4.69, 9.17) is 27.9 Å². The summed E-state index contributed by atoms with van der Waals surface area (Å²) in [4.78, 5) is 10.2. The monoisotopic (exact) mass is 311 g/mol. The van der Waals surface area contributed by atoms with Gasteiger partial charge in [-0.25, -0.2) is 0 Å². The third kappa shape index (κ3) is 3.21. The first-order valence-electron chi connectivity index (χ1n) is 5.78. The van der Waals surface area contributed by atoms with E-state index in [2.05, 4.69) is 0 Å². The molecule has 0 saturated carbocycles. The first kappa shape index (κ1) is 14.6. The number of rotatable bonds is 4. The lowest BCUT2D eigenvalue weighted by Crippen LogP contribution is -1.92. The topological polar surface area (TPSA) is 52.4 Å². The molecule has 6 heteroatoms. The first-order valence-corrected chi connectivity index (χ1v) is 6.70. The molecule has 0 aromatic heterocycles. The Labute approximate surface area is 126 Å². The van der Waals surface area contributed by atoms with Crippen molar-refractivity contribution < 1.29 is 9.66 Å². The lowest BCUT2D eigenvalue weighted by molar-refractivity contribution is -0.384. The molecule has 0 aliphatic heterocycles. The fourth-order valence-electron chi connectivity index (χ4n) is 1.74. The van der Waals surface area contributed by atoms with Crippen molar-refractivity contribution in [1.29, 1.82) is 0 Å². The summed E-state index contributed by atoms with van der Waals surface area (Å²) in [6.45, 7) is 1.96. The van der Waals surface area contributed by atoms with Gasteiger partial charge in [0.05, 0.1) is 10.8 Å². The SMILES string of the molecule is Cc1ccc(Oc2ccc([N+](=O)[O-])c(Cl)c2)c(CCl)c1. The van der Waals surface area contributed by atoms with E-state index in [1.165, 1.54) is 18.2 Å². The second-order valence-corrected chi connectivity index (χ2v) is 4.89. The van der Waals surface area contributed by atoms with Crippen LogP contribution in [-0.2, 0) is 5.88 Å². The Morgan fingerprint density at radius 2 is 2.00 bits per heavy atom. The number of aryl methyl sites for hydroxylation is 1. The summed E-state index contributed by atoms with van der Waals surface area (Å²) >= 11 is 11.7. The fourth-order valence-corrected chi connectivity index (χ4v) is 2.19. The van der Waals surface area contributed by atoms with Crippen molar-refractivity contribution in [2.45, 2.75) is 12.8 Å². The summed E-state index contributed by atoms with van der Waals surface area (Å²) in [6, 6.07) is 9.86. The number of alkyl halides is 1. The molecular formula is C14H11Cl2NO3. The van der Waals surface area contributed by atoms with Crippen LogP contribution in [0.4, 0.5) is 5.69 Å². The number of nitro benzene ring substituents is 1. The highest BCUT2D eigenvalue weighted by atomic mass is 35.5. The number of hydrogen-bond donors (Lipinski definition) is 0. The van der Waals surface area contributed by atoms with E-state index in [0.29, 0.717) is 17.4 Å². The Morgan fingerprint density at radius 3 is 2.60 bits per heavy atom. The van der Waals surface area contributed by atoms with E-state index in [1.807, 2.05) is 25.1 Å². The summed E-state index contributed by atoms with van der Waals surface area (Å²) < 4.78 is 5.68. The number of halogens is 2. The molecule has 0 atom stereocenters. The molecule has 2 aromatic carbocycles. The summed E-state index contributed by atoms with van der Waals surface area (Å²) in [6.07, 6.45) is 0. The van der Waals surface area contributed by atoms with Crippen molar-refractivity contribution >= 4 is 28.9 Å². The molecule has 0 radical (unpaired) electrons. The van der Waals surface area contributed by atoms with Crippen molar-refractivity contribution in [3.8, 4) is 11.5 Å². The van der Waals surface area contributed by atoms with Crippen LogP contribution in [0.5, 0.6) is 11.5 Å². The van der Waals surface area contributed by atoms with E-state index < -0.39 is 4.92 Å². The molecule has 0 saturated heterocycles. The van der Waals surface area contributed by atoms with Gasteiger partial charge in [0.15, 0.2) is 0 Å². The molecule has 0 bridgehead atoms. The molecule has 2 aromatic rings. The molecule has 4 nitrogen and oxygen atoms in total. The average Bonchev–Trinajstić information content (AvgIpc) is 2.40. The molecule has 0 fully saturated rings. The Morgan fingerprint density at radius 1 is 1.25 bits per heavy atom. The van der Waals surface area contributed by atoms with Crippen LogP contribution >= 0.6 is 23.2 Å². The van der Waals surface area contributed by atoms with Gasteiger partial charge in [0.2, 0.25) is 0 Å². The van der Waals surface area contributed by atoms with Gasteiger partial charge in [-0.1, -0.05) is 29.3 Å². The van der Waals surface area contributed by atoms with Crippen LogP contribution in [0.25, 0.3) is 0 Å². The van der Waals surface area contributed by atoms with Crippen LogP contribution in [0, 0.1) is 17.0 Å². The zero-order valence-electron chi connectivity index (χ0n) is 10.6. The zero-order valence-corrected chi connectivity index (χ0v) is 12.1. The molecule has 0 aliphatic carbocycles. The van der Waals surface area contributed by atoms with Gasteiger partial charge in [0.1, 0.15) is 16.5 Å². The van der Waals surface area contributed by atoms with Gasteiger partial charge in [-0.2, -0.15) is 0 Å². The van der Waals surface area contributed by atoms with Crippen LogP contribution in [0.1, 0.15) is 11.1 Å². The molecular weight excluding hydrogens is 301 g/mol. The number of benzene rings is 2. The van der Waals surface area contributed by atoms with Gasteiger partial charge in [-0.3, -0.25) is 10.1 Å². The highest BCUT2D eigenvalue weighted by molar-refractivity contribution is 6.32. The van der Waals surface area contributed by atoms with Crippen LogP contribution in [0.3, 0.4) is 0 Å². The van der Waals surface area contributed by atoms with Crippen LogP contribution in [-0.4, -0.2) is 4.92 Å². The van der Waals surface area contributed by atoms with E-state index in [1.54, 1.807) is 0 Å². The molecule has 0 N–H and O–H groups in total. The molecule has 0 amide bonds. The van der Waals surface area contributed by atoms with E-state index in [-0.39, 0.29) is 10.7 Å². The van der Waals surface area contributed by atoms with Crippen molar-refractivity contribution in [2.75, 3.05) is 0 Å². The van der Waals surface area contributed by atoms with Crippen LogP contribution in [0.2, 0.25) is 5.02 Å². The Balaban J connectivity index is 2.31. The Hall–Kier alpha value is -1.78. The Bertz CT molecular complexity index is 659. The van der Waals surface area contributed by atoms with Gasteiger partial charge in [0, 0.05) is 17.7 Å². The largest absolute Gasteiger partial charge is 0.457 e. The second kappa shape index (κ2) is 6.11. The van der Waals surface area contributed by atoms with Gasteiger partial charge < -0.3 is 4.74 Å². The van der Waals surface area contributed by atoms with E-state index >= 15 is 0 Å². The standard InChI is InChI=1S/C14H11Cl2NO3/c1-9-2-5-14(10(6-9)8-15)20-11-3-4-13(17(18)19)12(16)7-11/h2-7H,8H2,1H3. The minimum atomic E-state index is -0.540. The van der Waals surface area contributed by atoms with Gasteiger partial charge in [0.25, 0.3) is 5.69 Å². The first-order chi connectivity index (χ1) is 9.51. The number of ether oxygens (including phenoxy) is 1. The lowest BCUT2D eigenvalue weighted by atomic mass is 10.1. The maximum atomic E-state index is 10.7. The maximum absolute atomic E-state index is 10.7. The predicted octanol–water partition coefficient (Wildman–Crippen LogP) is 5.09. The summed E-state index contributed by atoms with van der Waals surface area (Å²) in [7, 11) is 0. The Kier molecular flexibility index (Phi) is 4.47. The van der Waals surface area contributed by atoms with E-state index in [0.717, 1.165) is 11.1 Å². The number of hydrogen-bond acceptors (Lipinski definition) is 3. The fraction of sp³-hybridized carbons (Fsp3) is 0.143. The average molecular weight is 312 g/mol. The predicted molar refractivity (Wildman–Crippen MR) is 78.9 cm³/mol. The smallest absolute Gasteiger partial charge is 0.288 e. The zero-order chi connectivity index (χ0) is 14.7. The van der Waals surface area contributed by atoms with Crippen molar-refractivity contribution in [3.05, 3.63) is 62.7 Å². The normalized spacial score (nSPS) is 10.3. The second-order valence-electron chi connectivity index (χ2n) is 4.22. The number of nitrogens with zero attached hydrogens (tertiary/aromatic N) is 1. The van der Waals surface area contributed by atoms with Gasteiger partial charge >= 0.3 is 0 Å². The molecule has 20 heavy (non-hydrogen) atoms. The summed E-state index contributed by atoms with van der Waals surface area (Å²) in [5.74, 6) is 1.35. The van der Waals surface area contributed by atoms with Crippen molar-refractivity contribution in [3.63, 3.8) is 0 Å². The third-order valence-corrected chi connectivity index (χ3v) is 3.29. The quantitative estimate of drug-likeness (QED) is 0.449. The minimum absolute atomic E-state index is 0.0343. The third-order valence-electron chi connectivity index (χ3n) is 2.70. The van der Waals surface area contributed by atoms with Gasteiger partial charge in [-0.05, 0) is 19.1 Å². The number of nitro groups is 1. The molecule has 0 aliphatic rings. The molecule has 2 rings (SSSR count). The van der Waals surface area contributed by atoms with Gasteiger partial charge in [-0.15, -0.1) is 11.6 Å². The van der Waals surface area contributed by atoms with Crippen LogP contribution < -0.4 is 4.74 Å². The van der Waals surface area contributed by atoms with Crippen LogP contribution in [0.15, 0.2) is 36.4 Å². The highest BCUT2D eigenvalue weighted by Crippen LogP contribution is 2.32. The minimum Gasteiger partial charge on any atom is -0.457 e. The lowest BCUT2D eigenvalue weighted by Gasteiger charge is -2.10. The molecule has 0 heterocycles. The summed E-state index contributed by atoms with van der Waals surface area (Å²) in [5.41, 5.74) is 1.77.